The number of oxazole rings is 1. The third-order valence-electron chi connectivity index (χ3n) is 3.60. The minimum absolute atomic E-state index is 0.142. The highest BCUT2D eigenvalue weighted by molar-refractivity contribution is 7.84. The molecule has 0 radical (unpaired) electrons. The molecule has 1 aliphatic rings. The number of rotatable bonds is 5. The lowest BCUT2D eigenvalue weighted by Crippen LogP contribution is -2.25. The van der Waals surface area contributed by atoms with Crippen LogP contribution in [0.25, 0.3) is 11.5 Å². The molecule has 2 aromatic rings. The number of aromatic nitrogens is 1. The second-order valence-electron chi connectivity index (χ2n) is 5.27. The average molecular weight is 325 g/mol. The Morgan fingerprint density at radius 2 is 2.38 bits per heavy atom. The van der Waals surface area contributed by atoms with E-state index < -0.39 is 10.8 Å². The van der Waals surface area contributed by atoms with E-state index in [2.05, 4.69) is 4.98 Å². The minimum Gasteiger partial charge on any atom is -0.441 e. The number of ether oxygens (including phenoxy) is 1. The standard InChI is InChI=1S/C15H19NO3S2/c1-11-14(16-15(19-11)12-5-7-20-8-12)10-21(17)9-13-4-2-3-6-18-13/h5,7-8,13H,2-4,6,9-10H2,1H3/t13-,21+/m0/s1. The Balaban J connectivity index is 1.63. The number of hydrogen-bond acceptors (Lipinski definition) is 5. The van der Waals surface area contributed by atoms with Crippen LogP contribution in [0.1, 0.15) is 30.7 Å². The summed E-state index contributed by atoms with van der Waals surface area (Å²) >= 11 is 1.61. The van der Waals surface area contributed by atoms with Crippen LogP contribution in [0.2, 0.25) is 0 Å². The first kappa shape index (κ1) is 14.9. The van der Waals surface area contributed by atoms with Crippen LogP contribution in [0.4, 0.5) is 0 Å². The van der Waals surface area contributed by atoms with Gasteiger partial charge >= 0.3 is 0 Å². The lowest BCUT2D eigenvalue weighted by Gasteiger charge is -2.21. The summed E-state index contributed by atoms with van der Waals surface area (Å²) in [5.74, 6) is 2.42. The predicted octanol–water partition coefficient (Wildman–Crippen LogP) is 3.53. The molecular weight excluding hydrogens is 306 g/mol. The average Bonchev–Trinajstić information content (AvgIpc) is 3.10. The van der Waals surface area contributed by atoms with E-state index in [-0.39, 0.29) is 6.10 Å². The van der Waals surface area contributed by atoms with Crippen molar-refractivity contribution in [2.24, 2.45) is 0 Å². The van der Waals surface area contributed by atoms with Crippen molar-refractivity contribution in [1.29, 1.82) is 0 Å². The molecule has 0 aromatic carbocycles. The molecule has 0 amide bonds. The van der Waals surface area contributed by atoms with Gasteiger partial charge in [-0.3, -0.25) is 4.21 Å². The van der Waals surface area contributed by atoms with Gasteiger partial charge in [-0.15, -0.1) is 0 Å². The van der Waals surface area contributed by atoms with Crippen LogP contribution < -0.4 is 0 Å². The van der Waals surface area contributed by atoms with Gasteiger partial charge in [-0.25, -0.2) is 4.98 Å². The highest BCUT2D eigenvalue weighted by Gasteiger charge is 2.19. The van der Waals surface area contributed by atoms with E-state index in [1.165, 1.54) is 6.42 Å². The molecule has 0 spiro atoms. The van der Waals surface area contributed by atoms with Gasteiger partial charge in [0.1, 0.15) is 5.76 Å². The van der Waals surface area contributed by atoms with Crippen molar-refractivity contribution in [3.8, 4) is 11.5 Å². The van der Waals surface area contributed by atoms with Gasteiger partial charge in [-0.2, -0.15) is 11.3 Å². The zero-order chi connectivity index (χ0) is 14.7. The number of aryl methyl sites for hydroxylation is 1. The SMILES string of the molecule is Cc1oc(-c2ccsc2)nc1C[S@](=O)C[C@@H]1CCCCO1. The van der Waals surface area contributed by atoms with Gasteiger partial charge < -0.3 is 9.15 Å². The maximum absolute atomic E-state index is 12.3. The molecule has 6 heteroatoms. The highest BCUT2D eigenvalue weighted by atomic mass is 32.2. The molecule has 0 N–H and O–H groups in total. The van der Waals surface area contributed by atoms with Gasteiger partial charge in [0, 0.05) is 28.3 Å². The van der Waals surface area contributed by atoms with Crippen LogP contribution in [0, 0.1) is 6.92 Å². The number of thiophene rings is 1. The summed E-state index contributed by atoms with van der Waals surface area (Å²) < 4.78 is 23.6. The van der Waals surface area contributed by atoms with Crippen molar-refractivity contribution in [2.45, 2.75) is 38.0 Å². The van der Waals surface area contributed by atoms with E-state index in [4.69, 9.17) is 9.15 Å². The first-order chi connectivity index (χ1) is 10.2. The molecule has 4 nitrogen and oxygen atoms in total. The zero-order valence-electron chi connectivity index (χ0n) is 12.0. The summed E-state index contributed by atoms with van der Waals surface area (Å²) in [5, 5.41) is 4.00. The first-order valence-electron chi connectivity index (χ1n) is 7.18. The third-order valence-corrected chi connectivity index (χ3v) is 5.63. The highest BCUT2D eigenvalue weighted by Crippen LogP contribution is 2.24. The second-order valence-corrected chi connectivity index (χ2v) is 7.56. The minimum atomic E-state index is -0.957. The van der Waals surface area contributed by atoms with Gasteiger partial charge in [0.2, 0.25) is 5.89 Å². The first-order valence-corrected chi connectivity index (χ1v) is 9.61. The largest absolute Gasteiger partial charge is 0.441 e. The Morgan fingerprint density at radius 1 is 1.48 bits per heavy atom. The molecule has 0 bridgehead atoms. The van der Waals surface area contributed by atoms with Gasteiger partial charge in [0.25, 0.3) is 0 Å². The molecule has 1 aliphatic heterocycles. The molecule has 0 aliphatic carbocycles. The fourth-order valence-electron chi connectivity index (χ4n) is 2.43. The van der Waals surface area contributed by atoms with E-state index >= 15 is 0 Å². The summed E-state index contributed by atoms with van der Waals surface area (Å²) in [7, 11) is -0.957. The Labute approximate surface area is 131 Å². The summed E-state index contributed by atoms with van der Waals surface area (Å²) in [6.45, 7) is 2.68. The Kier molecular flexibility index (Phi) is 4.87. The quantitative estimate of drug-likeness (QED) is 0.844. The maximum Gasteiger partial charge on any atom is 0.227 e. The third kappa shape index (κ3) is 3.81. The van der Waals surface area contributed by atoms with E-state index in [0.29, 0.717) is 17.4 Å². The van der Waals surface area contributed by atoms with Crippen LogP contribution in [0.15, 0.2) is 21.2 Å². The van der Waals surface area contributed by atoms with Gasteiger partial charge in [0.15, 0.2) is 0 Å². The number of hydrogen-bond donors (Lipinski definition) is 0. The monoisotopic (exact) mass is 325 g/mol. The second kappa shape index (κ2) is 6.85. The summed E-state index contributed by atoms with van der Waals surface area (Å²) in [6, 6.07) is 1.98. The molecular formula is C15H19NO3S2. The molecule has 21 heavy (non-hydrogen) atoms. The van der Waals surface area contributed by atoms with Gasteiger partial charge in [0.05, 0.1) is 23.3 Å². The Hall–Kier alpha value is -0.980. The molecule has 1 fully saturated rings. The Bertz CT molecular complexity index is 600. The van der Waals surface area contributed by atoms with Crippen molar-refractivity contribution in [3.63, 3.8) is 0 Å². The van der Waals surface area contributed by atoms with Gasteiger partial charge in [-0.05, 0) is 37.6 Å². The van der Waals surface area contributed by atoms with Crippen LogP contribution in [-0.2, 0) is 21.3 Å². The predicted molar refractivity (Wildman–Crippen MR) is 84.9 cm³/mol. The topological polar surface area (TPSA) is 52.3 Å². The maximum atomic E-state index is 12.3. The van der Waals surface area contributed by atoms with Crippen molar-refractivity contribution in [3.05, 3.63) is 28.3 Å². The van der Waals surface area contributed by atoms with E-state index in [9.17, 15) is 4.21 Å². The van der Waals surface area contributed by atoms with Crippen molar-refractivity contribution in [2.75, 3.05) is 12.4 Å². The normalized spacial score (nSPS) is 20.5. The smallest absolute Gasteiger partial charge is 0.227 e. The molecule has 2 aromatic heterocycles. The molecule has 3 rings (SSSR count). The van der Waals surface area contributed by atoms with Gasteiger partial charge in [-0.1, -0.05) is 0 Å². The summed E-state index contributed by atoms with van der Waals surface area (Å²) in [6.07, 6.45) is 3.45. The van der Waals surface area contributed by atoms with E-state index in [1.807, 2.05) is 23.8 Å². The fourth-order valence-corrected chi connectivity index (χ4v) is 4.43. The molecule has 0 unspecified atom stereocenters. The fraction of sp³-hybridized carbons (Fsp3) is 0.533. The summed E-state index contributed by atoms with van der Waals surface area (Å²) in [5.41, 5.74) is 1.78. The number of nitrogens with zero attached hydrogens (tertiary/aromatic N) is 1. The van der Waals surface area contributed by atoms with E-state index in [0.717, 1.165) is 36.5 Å². The van der Waals surface area contributed by atoms with Crippen molar-refractivity contribution < 1.29 is 13.4 Å². The molecule has 2 atom stereocenters. The van der Waals surface area contributed by atoms with Crippen LogP contribution in [0.5, 0.6) is 0 Å². The lowest BCUT2D eigenvalue weighted by atomic mass is 10.1. The molecule has 3 heterocycles. The van der Waals surface area contributed by atoms with E-state index in [1.54, 1.807) is 11.3 Å². The van der Waals surface area contributed by atoms with Crippen LogP contribution in [0.3, 0.4) is 0 Å². The molecule has 1 saturated heterocycles. The summed E-state index contributed by atoms with van der Waals surface area (Å²) in [4.78, 5) is 4.49. The molecule has 114 valence electrons. The Morgan fingerprint density at radius 3 is 3.10 bits per heavy atom. The van der Waals surface area contributed by atoms with Crippen LogP contribution in [-0.4, -0.2) is 27.7 Å². The van der Waals surface area contributed by atoms with Crippen molar-refractivity contribution >= 4 is 22.1 Å². The lowest BCUT2D eigenvalue weighted by molar-refractivity contribution is 0.0310. The zero-order valence-corrected chi connectivity index (χ0v) is 13.7. The van der Waals surface area contributed by atoms with Crippen LogP contribution >= 0.6 is 11.3 Å². The van der Waals surface area contributed by atoms with Crippen molar-refractivity contribution in [1.82, 2.24) is 4.98 Å². The molecule has 0 saturated carbocycles.